The van der Waals surface area contributed by atoms with Gasteiger partial charge in [0.1, 0.15) is 0 Å². The molecule has 0 atom stereocenters. The third kappa shape index (κ3) is 4.79. The van der Waals surface area contributed by atoms with Crippen LogP contribution in [0.2, 0.25) is 0 Å². The van der Waals surface area contributed by atoms with Crippen LogP contribution in [0.4, 0.5) is 0 Å². The van der Waals surface area contributed by atoms with Gasteiger partial charge in [-0.05, 0) is 36.8 Å². The number of piperazine rings is 1. The normalized spacial score (nSPS) is 14.6. The Morgan fingerprint density at radius 3 is 2.58 bits per heavy atom. The summed E-state index contributed by atoms with van der Waals surface area (Å²) in [6.07, 6.45) is 3.23. The van der Waals surface area contributed by atoms with Gasteiger partial charge in [0.25, 0.3) is 5.91 Å². The quantitative estimate of drug-likeness (QED) is 0.589. The number of nitrogens with zero attached hydrogens (tertiary/aromatic N) is 5. The van der Waals surface area contributed by atoms with Crippen molar-refractivity contribution >= 4 is 34.2 Å². The van der Waals surface area contributed by atoms with Crippen molar-refractivity contribution in [3.8, 4) is 0 Å². The van der Waals surface area contributed by atoms with Gasteiger partial charge in [0, 0.05) is 43.2 Å². The van der Waals surface area contributed by atoms with Gasteiger partial charge in [-0.1, -0.05) is 19.9 Å². The molecular weight excluding hydrogens is 410 g/mol. The third-order valence-electron chi connectivity index (χ3n) is 5.71. The van der Waals surface area contributed by atoms with Crippen LogP contribution >= 0.6 is 11.3 Å². The zero-order valence-electron chi connectivity index (χ0n) is 18.4. The molecule has 3 aromatic rings. The monoisotopic (exact) mass is 439 g/mol. The number of aryl methyl sites for hydroxylation is 1. The average molecular weight is 440 g/mol. The lowest BCUT2D eigenvalue weighted by atomic mass is 10.1. The molecule has 0 N–H and O–H groups in total. The minimum Gasteiger partial charge on any atom is -0.339 e. The van der Waals surface area contributed by atoms with Crippen LogP contribution in [0.1, 0.15) is 47.6 Å². The Labute approximate surface area is 186 Å². The summed E-state index contributed by atoms with van der Waals surface area (Å²) in [7, 11) is 0. The number of aromatic nitrogens is 3. The molecule has 3 aromatic heterocycles. The summed E-state index contributed by atoms with van der Waals surface area (Å²) in [4.78, 5) is 35.3. The van der Waals surface area contributed by atoms with Crippen molar-refractivity contribution < 1.29 is 9.59 Å². The lowest BCUT2D eigenvalue weighted by molar-refractivity contribution is -0.132. The molecule has 164 valence electrons. The van der Waals surface area contributed by atoms with E-state index in [-0.39, 0.29) is 11.8 Å². The van der Waals surface area contributed by atoms with Gasteiger partial charge in [-0.15, -0.1) is 11.3 Å². The first kappa shape index (κ1) is 21.5. The van der Waals surface area contributed by atoms with E-state index < -0.39 is 0 Å². The zero-order valence-corrected chi connectivity index (χ0v) is 19.2. The van der Waals surface area contributed by atoms with E-state index in [4.69, 9.17) is 0 Å². The Morgan fingerprint density at radius 2 is 1.90 bits per heavy atom. The number of hydrogen-bond acceptors (Lipinski definition) is 5. The third-order valence-corrected chi connectivity index (χ3v) is 6.57. The van der Waals surface area contributed by atoms with E-state index in [2.05, 4.69) is 30.0 Å². The predicted molar refractivity (Wildman–Crippen MR) is 122 cm³/mol. The maximum Gasteiger partial charge on any atom is 0.254 e. The Kier molecular flexibility index (Phi) is 6.36. The Hall–Kier alpha value is -2.74. The van der Waals surface area contributed by atoms with Crippen molar-refractivity contribution in [1.82, 2.24) is 24.6 Å². The fourth-order valence-corrected chi connectivity index (χ4v) is 4.60. The predicted octanol–water partition coefficient (Wildman–Crippen LogP) is 3.57. The fourth-order valence-electron chi connectivity index (χ4n) is 3.92. The summed E-state index contributed by atoms with van der Waals surface area (Å²) in [5.74, 6) is 0.697. The van der Waals surface area contributed by atoms with Crippen LogP contribution in [0.5, 0.6) is 0 Å². The van der Waals surface area contributed by atoms with Crippen LogP contribution in [0.25, 0.3) is 11.0 Å². The van der Waals surface area contributed by atoms with Gasteiger partial charge >= 0.3 is 0 Å². The van der Waals surface area contributed by atoms with Crippen LogP contribution in [-0.4, -0.2) is 62.6 Å². The minimum absolute atomic E-state index is 0.0135. The highest BCUT2D eigenvalue weighted by Crippen LogP contribution is 2.22. The molecule has 1 fully saturated rings. The standard InChI is InChI=1S/C23H29N5O2S/c1-16(2)6-7-21(29)26-8-10-27(11-9-26)23(30)19-13-17(3)25-22-20(19)14-24-28(22)15-18-5-4-12-31-18/h4-5,12-14,16H,6-11,15H2,1-3H3. The second-order valence-corrected chi connectivity index (χ2v) is 9.57. The molecule has 0 radical (unpaired) electrons. The number of pyridine rings is 1. The number of amides is 2. The van der Waals surface area contributed by atoms with Crippen molar-refractivity contribution in [3.05, 3.63) is 45.9 Å². The average Bonchev–Trinajstić information content (AvgIpc) is 3.41. The Bertz CT molecular complexity index is 1070. The van der Waals surface area contributed by atoms with Gasteiger partial charge in [-0.2, -0.15) is 5.10 Å². The highest BCUT2D eigenvalue weighted by molar-refractivity contribution is 7.09. The van der Waals surface area contributed by atoms with Crippen LogP contribution in [0, 0.1) is 12.8 Å². The summed E-state index contributed by atoms with van der Waals surface area (Å²) in [5.41, 5.74) is 2.17. The van der Waals surface area contributed by atoms with Gasteiger partial charge in [0.15, 0.2) is 5.65 Å². The summed E-state index contributed by atoms with van der Waals surface area (Å²) >= 11 is 1.68. The summed E-state index contributed by atoms with van der Waals surface area (Å²) in [5, 5.41) is 7.33. The van der Waals surface area contributed by atoms with Gasteiger partial charge in [0.05, 0.1) is 23.7 Å². The van der Waals surface area contributed by atoms with Crippen molar-refractivity contribution in [2.24, 2.45) is 5.92 Å². The maximum absolute atomic E-state index is 13.3. The molecule has 8 heteroatoms. The van der Waals surface area contributed by atoms with E-state index in [9.17, 15) is 9.59 Å². The summed E-state index contributed by atoms with van der Waals surface area (Å²) < 4.78 is 1.86. The number of hydrogen-bond donors (Lipinski definition) is 0. The van der Waals surface area contributed by atoms with Crippen molar-refractivity contribution in [2.45, 2.75) is 40.2 Å². The zero-order chi connectivity index (χ0) is 22.0. The van der Waals surface area contributed by atoms with E-state index in [1.165, 1.54) is 4.88 Å². The molecule has 0 spiro atoms. The van der Waals surface area contributed by atoms with Gasteiger partial charge in [0.2, 0.25) is 5.91 Å². The molecule has 0 aromatic carbocycles. The van der Waals surface area contributed by atoms with E-state index in [0.717, 1.165) is 23.1 Å². The van der Waals surface area contributed by atoms with Crippen molar-refractivity contribution in [3.63, 3.8) is 0 Å². The molecule has 1 aliphatic rings. The molecule has 0 bridgehead atoms. The van der Waals surface area contributed by atoms with Gasteiger partial charge in [-0.3, -0.25) is 9.59 Å². The molecule has 4 rings (SSSR count). The van der Waals surface area contributed by atoms with E-state index >= 15 is 0 Å². The molecule has 1 saturated heterocycles. The molecule has 4 heterocycles. The first-order chi connectivity index (χ1) is 14.9. The topological polar surface area (TPSA) is 71.3 Å². The largest absolute Gasteiger partial charge is 0.339 e. The second-order valence-electron chi connectivity index (χ2n) is 8.54. The van der Waals surface area contributed by atoms with E-state index in [1.807, 2.05) is 38.9 Å². The molecule has 2 amide bonds. The molecule has 31 heavy (non-hydrogen) atoms. The first-order valence-corrected chi connectivity index (χ1v) is 11.7. The van der Waals surface area contributed by atoms with Crippen LogP contribution in [0.15, 0.2) is 29.8 Å². The van der Waals surface area contributed by atoms with Crippen LogP contribution in [-0.2, 0) is 11.3 Å². The SMILES string of the molecule is Cc1cc(C(=O)N2CCN(C(=O)CCC(C)C)CC2)c2cnn(Cc3cccs3)c2n1. The smallest absolute Gasteiger partial charge is 0.254 e. The highest BCUT2D eigenvalue weighted by Gasteiger charge is 2.26. The summed E-state index contributed by atoms with van der Waals surface area (Å²) in [6.45, 7) is 9.10. The maximum atomic E-state index is 13.3. The molecule has 7 nitrogen and oxygen atoms in total. The Balaban J connectivity index is 1.48. The number of fused-ring (bicyclic) bond motifs is 1. The molecule has 0 aliphatic carbocycles. The fraction of sp³-hybridized carbons (Fsp3) is 0.478. The van der Waals surface area contributed by atoms with Crippen LogP contribution in [0.3, 0.4) is 0 Å². The number of carbonyl (C=O) groups is 2. The van der Waals surface area contributed by atoms with Crippen molar-refractivity contribution in [1.29, 1.82) is 0 Å². The van der Waals surface area contributed by atoms with E-state index in [1.54, 1.807) is 17.5 Å². The number of rotatable bonds is 6. The number of thiophene rings is 1. The Morgan fingerprint density at radius 1 is 1.16 bits per heavy atom. The highest BCUT2D eigenvalue weighted by atomic mass is 32.1. The molecular formula is C23H29N5O2S. The summed E-state index contributed by atoms with van der Waals surface area (Å²) in [6, 6.07) is 5.94. The minimum atomic E-state index is -0.0135. The molecule has 1 aliphatic heterocycles. The van der Waals surface area contributed by atoms with Crippen LogP contribution < -0.4 is 0 Å². The lowest BCUT2D eigenvalue weighted by Crippen LogP contribution is -2.50. The molecule has 0 saturated carbocycles. The van der Waals surface area contributed by atoms with Gasteiger partial charge < -0.3 is 9.80 Å². The van der Waals surface area contributed by atoms with Crippen molar-refractivity contribution in [2.75, 3.05) is 26.2 Å². The molecule has 0 unspecified atom stereocenters. The van der Waals surface area contributed by atoms with Gasteiger partial charge in [-0.25, -0.2) is 9.67 Å². The van der Waals surface area contributed by atoms with E-state index in [0.29, 0.717) is 50.6 Å². The first-order valence-electron chi connectivity index (χ1n) is 10.8. The number of carbonyl (C=O) groups excluding carboxylic acids is 2. The second kappa shape index (κ2) is 9.18. The lowest BCUT2D eigenvalue weighted by Gasteiger charge is -2.35.